The van der Waals surface area contributed by atoms with E-state index in [4.69, 9.17) is 4.74 Å². The molecule has 1 aromatic rings. The summed E-state index contributed by atoms with van der Waals surface area (Å²) in [4.78, 5) is 11.2. The van der Waals surface area contributed by atoms with Crippen LogP contribution in [0.15, 0.2) is 12.3 Å². The SMILES string of the molecule is COC1CC2CCC(C1)N2c1ccnc(C)n1. The van der Waals surface area contributed by atoms with Gasteiger partial charge >= 0.3 is 0 Å². The molecule has 2 fully saturated rings. The van der Waals surface area contributed by atoms with E-state index in [9.17, 15) is 0 Å². The summed E-state index contributed by atoms with van der Waals surface area (Å²) in [5, 5.41) is 0. The van der Waals surface area contributed by atoms with Crippen LogP contribution in [-0.4, -0.2) is 35.3 Å². The summed E-state index contributed by atoms with van der Waals surface area (Å²) in [5.74, 6) is 1.95. The molecule has 0 spiro atoms. The number of aromatic nitrogens is 2. The summed E-state index contributed by atoms with van der Waals surface area (Å²) in [6.07, 6.45) is 7.11. The maximum atomic E-state index is 5.52. The van der Waals surface area contributed by atoms with E-state index in [2.05, 4.69) is 14.9 Å². The minimum atomic E-state index is 0.437. The zero-order chi connectivity index (χ0) is 11.8. The summed E-state index contributed by atoms with van der Waals surface area (Å²) in [6, 6.07) is 3.24. The van der Waals surface area contributed by atoms with Gasteiger partial charge in [-0.15, -0.1) is 0 Å². The fraction of sp³-hybridized carbons (Fsp3) is 0.692. The highest BCUT2D eigenvalue weighted by atomic mass is 16.5. The molecule has 0 N–H and O–H groups in total. The van der Waals surface area contributed by atoms with Gasteiger partial charge in [-0.1, -0.05) is 0 Å². The summed E-state index contributed by atoms with van der Waals surface area (Å²) in [5.41, 5.74) is 0. The number of hydrogen-bond acceptors (Lipinski definition) is 4. The third kappa shape index (κ3) is 1.90. The molecule has 2 unspecified atom stereocenters. The van der Waals surface area contributed by atoms with Crippen LogP contribution in [0.1, 0.15) is 31.5 Å². The Morgan fingerprint density at radius 3 is 2.59 bits per heavy atom. The van der Waals surface area contributed by atoms with Crippen molar-refractivity contribution in [1.29, 1.82) is 0 Å². The van der Waals surface area contributed by atoms with Crippen molar-refractivity contribution in [1.82, 2.24) is 9.97 Å². The van der Waals surface area contributed by atoms with Crippen molar-refractivity contribution in [3.8, 4) is 0 Å². The van der Waals surface area contributed by atoms with Crippen molar-refractivity contribution < 1.29 is 4.74 Å². The fourth-order valence-corrected chi connectivity index (χ4v) is 3.28. The summed E-state index contributed by atoms with van der Waals surface area (Å²) in [6.45, 7) is 1.95. The van der Waals surface area contributed by atoms with Gasteiger partial charge < -0.3 is 9.64 Å². The highest BCUT2D eigenvalue weighted by Crippen LogP contribution is 2.39. The number of fused-ring (bicyclic) bond motifs is 2. The van der Waals surface area contributed by atoms with Crippen molar-refractivity contribution in [3.05, 3.63) is 18.1 Å². The predicted octanol–water partition coefficient (Wildman–Crippen LogP) is 1.93. The first-order valence-electron chi connectivity index (χ1n) is 6.38. The third-order valence-electron chi connectivity index (χ3n) is 4.05. The monoisotopic (exact) mass is 233 g/mol. The van der Waals surface area contributed by atoms with Crippen LogP contribution < -0.4 is 4.90 Å². The van der Waals surface area contributed by atoms with Crippen LogP contribution >= 0.6 is 0 Å². The molecule has 2 aliphatic heterocycles. The molecule has 2 aliphatic rings. The molecule has 3 heterocycles. The van der Waals surface area contributed by atoms with Crippen LogP contribution in [0.4, 0.5) is 5.82 Å². The van der Waals surface area contributed by atoms with Gasteiger partial charge in [0.2, 0.25) is 0 Å². The molecule has 0 amide bonds. The van der Waals surface area contributed by atoms with Crippen LogP contribution in [0, 0.1) is 6.92 Å². The normalized spacial score (nSPS) is 31.9. The van der Waals surface area contributed by atoms with Crippen LogP contribution in [0.5, 0.6) is 0 Å². The Kier molecular flexibility index (Phi) is 2.74. The molecule has 0 radical (unpaired) electrons. The smallest absolute Gasteiger partial charge is 0.132 e. The Hall–Kier alpha value is -1.16. The van der Waals surface area contributed by atoms with E-state index < -0.39 is 0 Å². The van der Waals surface area contributed by atoms with Gasteiger partial charge in [0.1, 0.15) is 11.6 Å². The van der Waals surface area contributed by atoms with Gasteiger partial charge in [0.15, 0.2) is 0 Å². The molecule has 0 saturated carbocycles. The van der Waals surface area contributed by atoms with E-state index in [0.717, 1.165) is 24.5 Å². The van der Waals surface area contributed by atoms with E-state index in [1.54, 1.807) is 0 Å². The fourth-order valence-electron chi connectivity index (χ4n) is 3.28. The van der Waals surface area contributed by atoms with Crippen molar-refractivity contribution in [3.63, 3.8) is 0 Å². The molecule has 0 aliphatic carbocycles. The number of aryl methyl sites for hydroxylation is 1. The van der Waals surface area contributed by atoms with Gasteiger partial charge in [-0.05, 0) is 38.7 Å². The van der Waals surface area contributed by atoms with Gasteiger partial charge in [0.05, 0.1) is 6.10 Å². The highest BCUT2D eigenvalue weighted by molar-refractivity contribution is 5.43. The Balaban J connectivity index is 1.86. The van der Waals surface area contributed by atoms with E-state index >= 15 is 0 Å². The molecular weight excluding hydrogens is 214 g/mol. The Morgan fingerprint density at radius 1 is 1.29 bits per heavy atom. The summed E-state index contributed by atoms with van der Waals surface area (Å²) < 4.78 is 5.52. The lowest BCUT2D eigenvalue weighted by molar-refractivity contribution is 0.0682. The van der Waals surface area contributed by atoms with Crippen molar-refractivity contribution in [2.75, 3.05) is 12.0 Å². The number of rotatable bonds is 2. The van der Waals surface area contributed by atoms with Gasteiger partial charge in [0.25, 0.3) is 0 Å². The van der Waals surface area contributed by atoms with E-state index in [0.29, 0.717) is 18.2 Å². The predicted molar refractivity (Wildman–Crippen MR) is 66.1 cm³/mol. The molecule has 4 nitrogen and oxygen atoms in total. The van der Waals surface area contributed by atoms with Gasteiger partial charge in [-0.2, -0.15) is 0 Å². The zero-order valence-corrected chi connectivity index (χ0v) is 10.5. The van der Waals surface area contributed by atoms with Crippen molar-refractivity contribution in [2.24, 2.45) is 0 Å². The largest absolute Gasteiger partial charge is 0.381 e. The lowest BCUT2D eigenvalue weighted by Crippen LogP contribution is -2.45. The standard InChI is InChI=1S/C13H19N3O/c1-9-14-6-5-13(15-9)16-10-3-4-11(16)8-12(7-10)17-2/h5-6,10-12H,3-4,7-8H2,1-2H3. The number of ether oxygens (including phenoxy) is 1. The molecular formula is C13H19N3O. The van der Waals surface area contributed by atoms with Crippen LogP contribution in [-0.2, 0) is 4.74 Å². The molecule has 0 aromatic carbocycles. The molecule has 2 saturated heterocycles. The number of methoxy groups -OCH3 is 1. The van der Waals surface area contributed by atoms with Crippen molar-refractivity contribution in [2.45, 2.75) is 50.8 Å². The van der Waals surface area contributed by atoms with Gasteiger partial charge in [0, 0.05) is 25.4 Å². The van der Waals surface area contributed by atoms with Gasteiger partial charge in [-0.3, -0.25) is 0 Å². The minimum absolute atomic E-state index is 0.437. The first kappa shape index (κ1) is 11.0. The van der Waals surface area contributed by atoms with E-state index in [-0.39, 0.29) is 0 Å². The maximum absolute atomic E-state index is 5.52. The van der Waals surface area contributed by atoms with Gasteiger partial charge in [-0.25, -0.2) is 9.97 Å². The molecule has 92 valence electrons. The van der Waals surface area contributed by atoms with Crippen LogP contribution in [0.25, 0.3) is 0 Å². The molecule has 4 heteroatoms. The molecule has 3 rings (SSSR count). The number of anilines is 1. The Bertz CT molecular complexity index is 395. The lowest BCUT2D eigenvalue weighted by Gasteiger charge is -2.39. The summed E-state index contributed by atoms with van der Waals surface area (Å²) >= 11 is 0. The maximum Gasteiger partial charge on any atom is 0.132 e. The first-order valence-corrected chi connectivity index (χ1v) is 6.38. The van der Waals surface area contributed by atoms with Crippen LogP contribution in [0.3, 0.4) is 0 Å². The molecule has 2 atom stereocenters. The second-order valence-corrected chi connectivity index (χ2v) is 5.08. The topological polar surface area (TPSA) is 38.2 Å². The van der Waals surface area contributed by atoms with E-state index in [1.807, 2.05) is 26.3 Å². The van der Waals surface area contributed by atoms with Crippen LogP contribution in [0.2, 0.25) is 0 Å². The molecule has 1 aromatic heterocycles. The number of hydrogen-bond donors (Lipinski definition) is 0. The Morgan fingerprint density at radius 2 is 2.00 bits per heavy atom. The van der Waals surface area contributed by atoms with Crippen molar-refractivity contribution >= 4 is 5.82 Å². The summed E-state index contributed by atoms with van der Waals surface area (Å²) in [7, 11) is 1.83. The number of nitrogens with zero attached hydrogens (tertiary/aromatic N) is 3. The second-order valence-electron chi connectivity index (χ2n) is 5.08. The lowest BCUT2D eigenvalue weighted by atomic mass is 10.00. The zero-order valence-electron chi connectivity index (χ0n) is 10.5. The van der Waals surface area contributed by atoms with E-state index in [1.165, 1.54) is 12.8 Å². The average molecular weight is 233 g/mol. The Labute approximate surface area is 102 Å². The minimum Gasteiger partial charge on any atom is -0.381 e. The number of piperidine rings is 1. The highest BCUT2D eigenvalue weighted by Gasteiger charge is 2.41. The average Bonchev–Trinajstić information content (AvgIpc) is 2.60. The quantitative estimate of drug-likeness (QED) is 0.782. The second kappa shape index (κ2) is 4.26. The first-order chi connectivity index (χ1) is 8.28. The third-order valence-corrected chi connectivity index (χ3v) is 4.05. The molecule has 2 bridgehead atoms. The molecule has 17 heavy (non-hydrogen) atoms.